The van der Waals surface area contributed by atoms with Gasteiger partial charge < -0.3 is 20.1 Å². The molecule has 2 rings (SSSR count). The molecule has 0 saturated heterocycles. The van der Waals surface area contributed by atoms with Gasteiger partial charge in [-0.3, -0.25) is 4.79 Å². The summed E-state index contributed by atoms with van der Waals surface area (Å²) in [5.74, 6) is 1.69. The van der Waals surface area contributed by atoms with Gasteiger partial charge in [-0.15, -0.1) is 0 Å². The standard InChI is InChI=1S/C18H23N3O3/c1-13(11-19-2)17(22)21-12-14-6-5-9-20-18(14)24-16-8-4-7-15(10-16)23-3/h4-10,13,19H,11-12H2,1-3H3,(H,21,22). The van der Waals surface area contributed by atoms with Crippen molar-refractivity contribution < 1.29 is 14.3 Å². The molecule has 24 heavy (non-hydrogen) atoms. The zero-order valence-corrected chi connectivity index (χ0v) is 14.2. The van der Waals surface area contributed by atoms with E-state index in [0.29, 0.717) is 30.5 Å². The highest BCUT2D eigenvalue weighted by atomic mass is 16.5. The number of rotatable bonds is 8. The number of methoxy groups -OCH3 is 1. The van der Waals surface area contributed by atoms with E-state index in [2.05, 4.69) is 15.6 Å². The van der Waals surface area contributed by atoms with Crippen molar-refractivity contribution >= 4 is 5.91 Å². The van der Waals surface area contributed by atoms with E-state index in [1.807, 2.05) is 44.3 Å². The molecule has 1 unspecified atom stereocenters. The van der Waals surface area contributed by atoms with E-state index in [1.54, 1.807) is 19.4 Å². The van der Waals surface area contributed by atoms with Crippen molar-refractivity contribution in [3.05, 3.63) is 48.2 Å². The minimum absolute atomic E-state index is 0.0134. The lowest BCUT2D eigenvalue weighted by Crippen LogP contribution is -2.34. The number of hydrogen-bond acceptors (Lipinski definition) is 5. The van der Waals surface area contributed by atoms with E-state index in [9.17, 15) is 4.79 Å². The molecule has 128 valence electrons. The number of benzene rings is 1. The third-order valence-corrected chi connectivity index (χ3v) is 3.52. The van der Waals surface area contributed by atoms with Gasteiger partial charge in [-0.2, -0.15) is 0 Å². The number of carbonyl (C=O) groups excluding carboxylic acids is 1. The first-order valence-electron chi connectivity index (χ1n) is 7.82. The third-order valence-electron chi connectivity index (χ3n) is 3.52. The minimum atomic E-state index is -0.102. The predicted octanol–water partition coefficient (Wildman–Crippen LogP) is 2.35. The number of nitrogens with zero attached hydrogens (tertiary/aromatic N) is 1. The zero-order chi connectivity index (χ0) is 17.4. The maximum absolute atomic E-state index is 12.0. The van der Waals surface area contributed by atoms with E-state index < -0.39 is 0 Å². The summed E-state index contributed by atoms with van der Waals surface area (Å²) in [7, 11) is 3.43. The van der Waals surface area contributed by atoms with Crippen molar-refractivity contribution in [3.8, 4) is 17.4 Å². The van der Waals surface area contributed by atoms with E-state index in [4.69, 9.17) is 9.47 Å². The molecule has 1 aromatic carbocycles. The number of hydrogen-bond donors (Lipinski definition) is 2. The van der Waals surface area contributed by atoms with Crippen LogP contribution in [0.25, 0.3) is 0 Å². The molecular formula is C18H23N3O3. The summed E-state index contributed by atoms with van der Waals surface area (Å²) in [6, 6.07) is 11.0. The number of ether oxygens (including phenoxy) is 2. The van der Waals surface area contributed by atoms with Crippen molar-refractivity contribution in [3.63, 3.8) is 0 Å². The van der Waals surface area contributed by atoms with E-state index in [1.165, 1.54) is 0 Å². The summed E-state index contributed by atoms with van der Waals surface area (Å²) in [6.45, 7) is 2.87. The molecule has 0 spiro atoms. The molecule has 0 radical (unpaired) electrons. The average Bonchev–Trinajstić information content (AvgIpc) is 2.61. The molecule has 6 heteroatoms. The van der Waals surface area contributed by atoms with Gasteiger partial charge in [-0.25, -0.2) is 4.98 Å². The second kappa shape index (κ2) is 8.88. The molecule has 0 bridgehead atoms. The van der Waals surface area contributed by atoms with Crippen LogP contribution in [-0.2, 0) is 11.3 Å². The van der Waals surface area contributed by atoms with Gasteiger partial charge in [0.15, 0.2) is 0 Å². The SMILES string of the molecule is CNCC(C)C(=O)NCc1cccnc1Oc1cccc(OC)c1. The lowest BCUT2D eigenvalue weighted by atomic mass is 10.1. The minimum Gasteiger partial charge on any atom is -0.497 e. The van der Waals surface area contributed by atoms with E-state index in [0.717, 1.165) is 5.56 Å². The Morgan fingerprint density at radius 1 is 1.25 bits per heavy atom. The van der Waals surface area contributed by atoms with Crippen molar-refractivity contribution in [1.29, 1.82) is 0 Å². The Hall–Kier alpha value is -2.60. The fourth-order valence-corrected chi connectivity index (χ4v) is 2.18. The molecule has 2 aromatic rings. The van der Waals surface area contributed by atoms with Crippen LogP contribution in [0.2, 0.25) is 0 Å². The van der Waals surface area contributed by atoms with Crippen molar-refractivity contribution in [2.45, 2.75) is 13.5 Å². The Morgan fingerprint density at radius 2 is 2.04 bits per heavy atom. The van der Waals surface area contributed by atoms with Gasteiger partial charge in [0.1, 0.15) is 11.5 Å². The highest BCUT2D eigenvalue weighted by Gasteiger charge is 2.13. The molecule has 1 heterocycles. The summed E-state index contributed by atoms with van der Waals surface area (Å²) >= 11 is 0. The van der Waals surface area contributed by atoms with Gasteiger partial charge in [0.2, 0.25) is 11.8 Å². The summed E-state index contributed by atoms with van der Waals surface area (Å²) in [6.07, 6.45) is 1.66. The molecule has 0 fully saturated rings. The Balaban J connectivity index is 2.05. The third kappa shape index (κ3) is 4.96. The molecule has 6 nitrogen and oxygen atoms in total. The summed E-state index contributed by atoms with van der Waals surface area (Å²) in [4.78, 5) is 16.3. The summed E-state index contributed by atoms with van der Waals surface area (Å²) in [5, 5.41) is 5.90. The van der Waals surface area contributed by atoms with Crippen LogP contribution in [0.3, 0.4) is 0 Å². The monoisotopic (exact) mass is 329 g/mol. The number of pyridine rings is 1. The van der Waals surface area contributed by atoms with E-state index >= 15 is 0 Å². The fraction of sp³-hybridized carbons (Fsp3) is 0.333. The van der Waals surface area contributed by atoms with Crippen molar-refractivity contribution in [1.82, 2.24) is 15.6 Å². The zero-order valence-electron chi connectivity index (χ0n) is 14.2. The largest absolute Gasteiger partial charge is 0.497 e. The van der Waals surface area contributed by atoms with Gasteiger partial charge in [0, 0.05) is 36.8 Å². The Morgan fingerprint density at radius 3 is 2.79 bits per heavy atom. The van der Waals surface area contributed by atoms with Crippen LogP contribution in [0, 0.1) is 5.92 Å². The first-order valence-corrected chi connectivity index (χ1v) is 7.82. The van der Waals surface area contributed by atoms with E-state index in [-0.39, 0.29) is 11.8 Å². The average molecular weight is 329 g/mol. The molecule has 2 N–H and O–H groups in total. The lowest BCUT2D eigenvalue weighted by molar-refractivity contribution is -0.124. The molecule has 1 atom stereocenters. The summed E-state index contributed by atoms with van der Waals surface area (Å²) < 4.78 is 11.0. The molecule has 0 saturated carbocycles. The number of aromatic nitrogens is 1. The van der Waals surface area contributed by atoms with Crippen LogP contribution in [0.15, 0.2) is 42.6 Å². The van der Waals surface area contributed by atoms with Gasteiger partial charge in [0.25, 0.3) is 0 Å². The predicted molar refractivity (Wildman–Crippen MR) is 92.2 cm³/mol. The fourth-order valence-electron chi connectivity index (χ4n) is 2.18. The maximum Gasteiger partial charge on any atom is 0.224 e. The van der Waals surface area contributed by atoms with Gasteiger partial charge in [-0.05, 0) is 25.2 Å². The van der Waals surface area contributed by atoms with Crippen LogP contribution in [0.4, 0.5) is 0 Å². The van der Waals surface area contributed by atoms with Crippen LogP contribution in [-0.4, -0.2) is 31.6 Å². The first kappa shape index (κ1) is 17.7. The Kier molecular flexibility index (Phi) is 6.57. The smallest absolute Gasteiger partial charge is 0.224 e. The van der Waals surface area contributed by atoms with Gasteiger partial charge in [-0.1, -0.05) is 19.1 Å². The lowest BCUT2D eigenvalue weighted by Gasteiger charge is -2.14. The maximum atomic E-state index is 12.0. The number of amides is 1. The van der Waals surface area contributed by atoms with Crippen molar-refractivity contribution in [2.24, 2.45) is 5.92 Å². The second-order valence-electron chi connectivity index (χ2n) is 5.43. The normalized spacial score (nSPS) is 11.6. The van der Waals surface area contributed by atoms with Gasteiger partial charge >= 0.3 is 0 Å². The van der Waals surface area contributed by atoms with Crippen LogP contribution in [0.5, 0.6) is 17.4 Å². The second-order valence-corrected chi connectivity index (χ2v) is 5.43. The topological polar surface area (TPSA) is 72.5 Å². The Bertz CT molecular complexity index is 676. The molecule has 1 amide bonds. The number of carbonyl (C=O) groups is 1. The first-order chi connectivity index (χ1) is 11.6. The van der Waals surface area contributed by atoms with Crippen molar-refractivity contribution in [2.75, 3.05) is 20.7 Å². The molecule has 0 aliphatic heterocycles. The molecule has 0 aliphatic carbocycles. The van der Waals surface area contributed by atoms with Crippen LogP contribution < -0.4 is 20.1 Å². The van der Waals surface area contributed by atoms with Crippen LogP contribution >= 0.6 is 0 Å². The molecular weight excluding hydrogens is 306 g/mol. The highest BCUT2D eigenvalue weighted by Crippen LogP contribution is 2.26. The van der Waals surface area contributed by atoms with Gasteiger partial charge in [0.05, 0.1) is 7.11 Å². The summed E-state index contributed by atoms with van der Waals surface area (Å²) in [5.41, 5.74) is 0.810. The van der Waals surface area contributed by atoms with Crippen LogP contribution in [0.1, 0.15) is 12.5 Å². The Labute approximate surface area is 142 Å². The quantitative estimate of drug-likeness (QED) is 0.778. The number of nitrogens with one attached hydrogen (secondary N) is 2. The molecule has 1 aromatic heterocycles. The highest BCUT2D eigenvalue weighted by molar-refractivity contribution is 5.78. The molecule has 0 aliphatic rings.